The van der Waals surface area contributed by atoms with E-state index in [0.29, 0.717) is 5.56 Å². The Balaban J connectivity index is 2.69. The zero-order valence-electron chi connectivity index (χ0n) is 16.4. The highest BCUT2D eigenvalue weighted by atomic mass is 32.1. The number of unbranched alkanes of at least 4 members (excludes halogenated alkanes) is 2. The van der Waals surface area contributed by atoms with E-state index in [4.69, 9.17) is 0 Å². The Bertz CT molecular complexity index is 912. The van der Waals surface area contributed by atoms with Gasteiger partial charge >= 0.3 is 0 Å². The van der Waals surface area contributed by atoms with E-state index >= 15 is 0 Å². The van der Waals surface area contributed by atoms with Gasteiger partial charge in [-0.1, -0.05) is 57.0 Å². The van der Waals surface area contributed by atoms with Gasteiger partial charge in [0.15, 0.2) is 0 Å². The first-order valence-corrected chi connectivity index (χ1v) is 10.4. The lowest BCUT2D eigenvalue weighted by atomic mass is 10.0. The molecule has 0 radical (unpaired) electrons. The third kappa shape index (κ3) is 5.01. The molecule has 2 aromatic rings. The molecule has 1 heterocycles. The van der Waals surface area contributed by atoms with Gasteiger partial charge in [0.1, 0.15) is 28.8 Å². The number of thiophene rings is 1. The summed E-state index contributed by atoms with van der Waals surface area (Å²) in [4.78, 5) is 3.08. The number of hydrogen-bond donors (Lipinski definition) is 0. The minimum atomic E-state index is 0.0446. The number of benzene rings is 1. The van der Waals surface area contributed by atoms with Crippen LogP contribution < -0.4 is 4.90 Å². The monoisotopic (exact) mass is 388 g/mol. The van der Waals surface area contributed by atoms with Crippen LogP contribution in [-0.2, 0) is 0 Å². The van der Waals surface area contributed by atoms with E-state index < -0.39 is 0 Å². The minimum Gasteiger partial charge on any atom is -0.362 e. The quantitative estimate of drug-likeness (QED) is 0.485. The molecular formula is C23H24N4S. The second-order valence-electron chi connectivity index (χ2n) is 6.48. The molecule has 4 nitrogen and oxygen atoms in total. The van der Waals surface area contributed by atoms with Crippen LogP contribution in [0.4, 0.5) is 5.00 Å². The smallest absolute Gasteiger partial charge is 0.131 e. The van der Waals surface area contributed by atoms with Crippen molar-refractivity contribution in [3.05, 3.63) is 46.3 Å². The summed E-state index contributed by atoms with van der Waals surface area (Å²) < 4.78 is 0. The maximum atomic E-state index is 10.0. The van der Waals surface area contributed by atoms with Crippen molar-refractivity contribution >= 4 is 22.4 Å². The van der Waals surface area contributed by atoms with Crippen molar-refractivity contribution in [1.82, 2.24) is 0 Å². The summed E-state index contributed by atoms with van der Waals surface area (Å²) in [6, 6.07) is 16.0. The third-order valence-corrected chi connectivity index (χ3v) is 5.66. The lowest BCUT2D eigenvalue weighted by Crippen LogP contribution is -2.25. The Morgan fingerprint density at radius 3 is 2.11 bits per heavy atom. The Kier molecular flexibility index (Phi) is 8.29. The topological polar surface area (TPSA) is 74.6 Å². The largest absolute Gasteiger partial charge is 0.362 e. The average Bonchev–Trinajstić information content (AvgIpc) is 3.10. The molecule has 0 atom stereocenters. The standard InChI is InChI=1S/C23H24N4S/c1-3-5-12-27(13-6-4-2)23-20(17-26)22(19-10-8-7-9-11-19)21(28-23)14-18(15-24)16-25/h7-11,14H,3-6,12-13H2,1-2H3. The molecule has 0 amide bonds. The van der Waals surface area contributed by atoms with Gasteiger partial charge in [-0.2, -0.15) is 15.8 Å². The van der Waals surface area contributed by atoms with Crippen molar-refractivity contribution in [2.45, 2.75) is 39.5 Å². The fourth-order valence-corrected chi connectivity index (χ4v) is 4.26. The van der Waals surface area contributed by atoms with Crippen LogP contribution in [0.25, 0.3) is 17.2 Å². The lowest BCUT2D eigenvalue weighted by molar-refractivity contribution is 0.681. The summed E-state index contributed by atoms with van der Waals surface area (Å²) in [5.41, 5.74) is 2.41. The summed E-state index contributed by atoms with van der Waals surface area (Å²) in [5, 5.41) is 29.4. The normalized spacial score (nSPS) is 9.82. The predicted molar refractivity (Wildman–Crippen MR) is 116 cm³/mol. The van der Waals surface area contributed by atoms with Crippen molar-refractivity contribution in [2.24, 2.45) is 0 Å². The van der Waals surface area contributed by atoms with Gasteiger partial charge < -0.3 is 4.90 Å². The van der Waals surface area contributed by atoms with Crippen LogP contribution in [0.5, 0.6) is 0 Å². The second kappa shape index (κ2) is 10.9. The Morgan fingerprint density at radius 2 is 1.61 bits per heavy atom. The van der Waals surface area contributed by atoms with Crippen molar-refractivity contribution in [3.8, 4) is 29.3 Å². The molecule has 0 N–H and O–H groups in total. The van der Waals surface area contributed by atoms with Crippen LogP contribution in [0.3, 0.4) is 0 Å². The first kappa shape index (κ1) is 21.2. The molecule has 1 aromatic heterocycles. The van der Waals surface area contributed by atoms with Crippen LogP contribution >= 0.6 is 11.3 Å². The summed E-state index contributed by atoms with van der Waals surface area (Å²) in [6.45, 7) is 6.11. The molecule has 1 aromatic carbocycles. The molecule has 2 rings (SSSR count). The van der Waals surface area contributed by atoms with Gasteiger partial charge in [0.25, 0.3) is 0 Å². The summed E-state index contributed by atoms with van der Waals surface area (Å²) >= 11 is 1.50. The van der Waals surface area contributed by atoms with Gasteiger partial charge in [-0.15, -0.1) is 11.3 Å². The number of allylic oxidation sites excluding steroid dienone is 1. The van der Waals surface area contributed by atoms with Gasteiger partial charge in [-0.25, -0.2) is 0 Å². The Morgan fingerprint density at radius 1 is 1.00 bits per heavy atom. The molecule has 0 unspecified atom stereocenters. The molecule has 0 saturated carbocycles. The first-order valence-electron chi connectivity index (χ1n) is 9.59. The van der Waals surface area contributed by atoms with E-state index in [1.54, 1.807) is 6.08 Å². The maximum Gasteiger partial charge on any atom is 0.131 e. The molecule has 5 heteroatoms. The number of rotatable bonds is 9. The predicted octanol–water partition coefficient (Wildman–Crippen LogP) is 6.12. The molecule has 0 saturated heterocycles. The summed E-state index contributed by atoms with van der Waals surface area (Å²) in [6.07, 6.45) is 5.89. The number of nitrogens with zero attached hydrogens (tertiary/aromatic N) is 4. The van der Waals surface area contributed by atoms with Gasteiger partial charge in [-0.05, 0) is 24.5 Å². The van der Waals surface area contributed by atoms with E-state index in [9.17, 15) is 15.8 Å². The molecule has 0 aliphatic rings. The van der Waals surface area contributed by atoms with E-state index in [2.05, 4.69) is 24.8 Å². The summed E-state index contributed by atoms with van der Waals surface area (Å²) in [5.74, 6) is 0. The van der Waals surface area contributed by atoms with Crippen LogP contribution in [0.15, 0.2) is 35.9 Å². The molecule has 142 valence electrons. The van der Waals surface area contributed by atoms with Crippen molar-refractivity contribution in [3.63, 3.8) is 0 Å². The van der Waals surface area contributed by atoms with E-state index in [1.165, 1.54) is 11.3 Å². The lowest BCUT2D eigenvalue weighted by Gasteiger charge is -2.23. The van der Waals surface area contributed by atoms with Gasteiger partial charge in [0.2, 0.25) is 0 Å². The Hall–Kier alpha value is -3.07. The molecule has 0 bridgehead atoms. The van der Waals surface area contributed by atoms with Gasteiger partial charge in [-0.3, -0.25) is 0 Å². The number of hydrogen-bond acceptors (Lipinski definition) is 5. The number of nitriles is 3. The van der Waals surface area contributed by atoms with Crippen LogP contribution in [-0.4, -0.2) is 13.1 Å². The van der Waals surface area contributed by atoms with Gasteiger partial charge in [0, 0.05) is 23.5 Å². The summed E-state index contributed by atoms with van der Waals surface area (Å²) in [7, 11) is 0. The van der Waals surface area contributed by atoms with Gasteiger partial charge in [0.05, 0.1) is 5.56 Å². The maximum absolute atomic E-state index is 10.0. The van der Waals surface area contributed by atoms with Crippen LogP contribution in [0.1, 0.15) is 50.0 Å². The highest BCUT2D eigenvalue weighted by Crippen LogP contribution is 2.43. The Labute approximate surface area is 171 Å². The van der Waals surface area contributed by atoms with Crippen molar-refractivity contribution in [1.29, 1.82) is 15.8 Å². The van der Waals surface area contributed by atoms with Crippen molar-refractivity contribution in [2.75, 3.05) is 18.0 Å². The molecule has 0 aliphatic carbocycles. The first-order chi connectivity index (χ1) is 13.7. The molecule has 0 aliphatic heterocycles. The fourth-order valence-electron chi connectivity index (χ4n) is 2.99. The van der Waals surface area contributed by atoms with Crippen LogP contribution in [0.2, 0.25) is 0 Å². The number of anilines is 1. The molecule has 28 heavy (non-hydrogen) atoms. The van der Waals surface area contributed by atoms with E-state index in [1.807, 2.05) is 42.5 Å². The SMILES string of the molecule is CCCCN(CCCC)c1sc(C=C(C#N)C#N)c(-c2ccccc2)c1C#N. The zero-order chi connectivity index (χ0) is 20.4. The third-order valence-electron chi connectivity index (χ3n) is 4.46. The second-order valence-corrected chi connectivity index (χ2v) is 7.51. The minimum absolute atomic E-state index is 0.0446. The fraction of sp³-hybridized carbons (Fsp3) is 0.348. The molecular weight excluding hydrogens is 364 g/mol. The molecule has 0 fully saturated rings. The molecule has 0 spiro atoms. The highest BCUT2D eigenvalue weighted by Gasteiger charge is 2.22. The average molecular weight is 389 g/mol. The van der Waals surface area contributed by atoms with E-state index in [-0.39, 0.29) is 5.57 Å². The van der Waals surface area contributed by atoms with Crippen LogP contribution in [0, 0.1) is 34.0 Å². The van der Waals surface area contributed by atoms with Crippen molar-refractivity contribution < 1.29 is 0 Å². The zero-order valence-corrected chi connectivity index (χ0v) is 17.2. The highest BCUT2D eigenvalue weighted by molar-refractivity contribution is 7.17. The van der Waals surface area contributed by atoms with E-state index in [0.717, 1.165) is 59.8 Å².